The molecule has 1 aliphatic carbocycles. The van der Waals surface area contributed by atoms with Crippen molar-refractivity contribution in [3.8, 4) is 11.8 Å². The molecule has 1 atom stereocenters. The monoisotopic (exact) mass is 666 g/mol. The predicted octanol–water partition coefficient (Wildman–Crippen LogP) is 6.20. The molecule has 0 bridgehead atoms. The molecule has 2 aromatic carbocycles. The van der Waals surface area contributed by atoms with Gasteiger partial charge in [-0.1, -0.05) is 31.0 Å². The number of fused-ring (bicyclic) bond motifs is 1. The molecule has 2 aromatic rings. The van der Waals surface area contributed by atoms with Crippen molar-refractivity contribution in [2.75, 3.05) is 38.5 Å². The minimum absolute atomic E-state index is 0.0469. The third kappa shape index (κ3) is 12.4. The molecule has 0 spiro atoms. The lowest BCUT2D eigenvalue weighted by Gasteiger charge is -2.34. The zero-order valence-electron chi connectivity index (χ0n) is 26.6. The molecule has 1 aliphatic heterocycles. The summed E-state index contributed by atoms with van der Waals surface area (Å²) >= 11 is 0. The van der Waals surface area contributed by atoms with Gasteiger partial charge in [0.15, 0.2) is 0 Å². The molecule has 1 saturated carbocycles. The first-order chi connectivity index (χ1) is 22.4. The topological polar surface area (TPSA) is 89.4 Å². The van der Waals surface area contributed by atoms with Crippen molar-refractivity contribution in [2.45, 2.75) is 51.9 Å². The fraction of sp³-hybridized carbons (Fsp3) is 0.455. The molecule has 47 heavy (non-hydrogen) atoms. The second-order valence-electron chi connectivity index (χ2n) is 11.0. The molecule has 2 N–H and O–H groups in total. The summed E-state index contributed by atoms with van der Waals surface area (Å²) in [6.07, 6.45) is -0.0500. The number of hydrogen-bond donors (Lipinski definition) is 2. The quantitative estimate of drug-likeness (QED) is 0.0747. The lowest BCUT2D eigenvalue weighted by molar-refractivity contribution is -0.157. The van der Waals surface area contributed by atoms with Crippen LogP contribution in [0.15, 0.2) is 52.7 Å². The van der Waals surface area contributed by atoms with E-state index in [4.69, 9.17) is 0 Å². The first kappa shape index (κ1) is 38.8. The summed E-state index contributed by atoms with van der Waals surface area (Å²) in [5.41, 5.74) is 0.154. The van der Waals surface area contributed by atoms with E-state index in [0.717, 1.165) is 30.5 Å². The van der Waals surface area contributed by atoms with Crippen LogP contribution in [-0.2, 0) is 11.3 Å². The van der Waals surface area contributed by atoms with Crippen LogP contribution in [0, 0.1) is 29.5 Å². The fourth-order valence-corrected chi connectivity index (χ4v) is 5.28. The Bertz CT molecular complexity index is 1400. The highest BCUT2D eigenvalue weighted by Gasteiger charge is 2.42. The number of carbonyl (C=O) groups excluding carboxylic acids is 2. The SMILES string of the molecule is C=N/N=C\N(C)CC1CC(C)C1.CC#CC(=O)NCCCNC(c1cc(F)c2c(c1)C(=O)N(c1ccccc1)C2)C(F)(F)F.FCF. The normalized spacial score (nSPS) is 17.1. The standard InChI is InChI=1S/C23H21F4N3O2.C9H17N3.CH2F2/c1-2-7-20(31)28-10-6-11-29-21(23(25,26)27)15-12-17-18(19(24)13-15)14-30(22(17)32)16-8-4-3-5-9-16;1-8-4-9(5-8)6-12(3)7-11-10-2;2-1-3/h3-5,8-9,12-13,21,29H,6,10-11,14H2,1H3,(H,28,31);7-9H,2,4-6H2,1,3H3;1H2/b;11-7-;. The smallest absolute Gasteiger partial charge is 0.364 e. The lowest BCUT2D eigenvalue weighted by atomic mass is 9.76. The summed E-state index contributed by atoms with van der Waals surface area (Å²) in [5.74, 6) is 4.56. The molecular formula is C33H40F6N6O2. The molecule has 8 nitrogen and oxygen atoms in total. The number of nitrogens with zero attached hydrogens (tertiary/aromatic N) is 4. The van der Waals surface area contributed by atoms with Gasteiger partial charge in [-0.3, -0.25) is 9.59 Å². The van der Waals surface area contributed by atoms with Gasteiger partial charge in [-0.05, 0) is 80.3 Å². The van der Waals surface area contributed by atoms with E-state index >= 15 is 0 Å². The maximum Gasteiger partial charge on any atom is 0.407 e. The van der Waals surface area contributed by atoms with Gasteiger partial charge in [0.2, 0.25) is 6.93 Å². The third-order valence-electron chi connectivity index (χ3n) is 7.31. The van der Waals surface area contributed by atoms with Crippen LogP contribution in [0.25, 0.3) is 0 Å². The van der Waals surface area contributed by atoms with E-state index in [1.807, 2.05) is 7.05 Å². The van der Waals surface area contributed by atoms with Crippen LogP contribution in [0.5, 0.6) is 0 Å². The van der Waals surface area contributed by atoms with Gasteiger partial charge in [0.05, 0.1) is 6.54 Å². The predicted molar refractivity (Wildman–Crippen MR) is 171 cm³/mol. The van der Waals surface area contributed by atoms with Crippen LogP contribution in [0.4, 0.5) is 32.0 Å². The summed E-state index contributed by atoms with van der Waals surface area (Å²) in [4.78, 5) is 27.5. The van der Waals surface area contributed by atoms with Crippen molar-refractivity contribution < 1.29 is 35.9 Å². The van der Waals surface area contributed by atoms with Crippen LogP contribution >= 0.6 is 0 Å². The Labute approximate surface area is 271 Å². The van der Waals surface area contributed by atoms with E-state index in [0.29, 0.717) is 5.69 Å². The van der Waals surface area contributed by atoms with E-state index < -0.39 is 36.8 Å². The molecule has 0 saturated heterocycles. The molecule has 1 fully saturated rings. The van der Waals surface area contributed by atoms with Gasteiger partial charge in [-0.25, -0.2) is 13.2 Å². The molecule has 4 rings (SSSR count). The Morgan fingerprint density at radius 3 is 2.43 bits per heavy atom. The summed E-state index contributed by atoms with van der Waals surface area (Å²) in [6.45, 7) is 6.43. The Hall–Kier alpha value is -4.38. The third-order valence-corrected chi connectivity index (χ3v) is 7.31. The van der Waals surface area contributed by atoms with Gasteiger partial charge in [-0.2, -0.15) is 18.3 Å². The Kier molecular flexibility index (Phi) is 15.9. The van der Waals surface area contributed by atoms with Gasteiger partial charge in [-0.15, -0.1) is 5.10 Å². The van der Waals surface area contributed by atoms with Gasteiger partial charge >= 0.3 is 6.18 Å². The van der Waals surface area contributed by atoms with Gasteiger partial charge < -0.3 is 20.4 Å². The summed E-state index contributed by atoms with van der Waals surface area (Å²) < 4.78 is 75.1. The minimum atomic E-state index is -4.71. The van der Waals surface area contributed by atoms with E-state index in [2.05, 4.69) is 51.2 Å². The van der Waals surface area contributed by atoms with Crippen molar-refractivity contribution in [2.24, 2.45) is 22.0 Å². The number of carbonyl (C=O) groups is 2. The van der Waals surface area contributed by atoms with Crippen LogP contribution in [0.1, 0.15) is 60.6 Å². The van der Waals surface area contributed by atoms with Crippen LogP contribution < -0.4 is 15.5 Å². The molecule has 2 aliphatic rings. The van der Waals surface area contributed by atoms with Crippen molar-refractivity contribution in [3.63, 3.8) is 0 Å². The number of anilines is 1. The van der Waals surface area contributed by atoms with Crippen LogP contribution in [-0.4, -0.2) is 69.6 Å². The average molecular weight is 667 g/mol. The van der Waals surface area contributed by atoms with Gasteiger partial charge in [0, 0.05) is 43.7 Å². The Morgan fingerprint density at radius 2 is 1.85 bits per heavy atom. The number of halogens is 6. The molecule has 256 valence electrons. The highest BCUT2D eigenvalue weighted by Crippen LogP contribution is 2.37. The Morgan fingerprint density at radius 1 is 1.19 bits per heavy atom. The molecule has 0 radical (unpaired) electrons. The van der Waals surface area contributed by atoms with Crippen LogP contribution in [0.2, 0.25) is 0 Å². The zero-order chi connectivity index (χ0) is 35.0. The maximum atomic E-state index is 14.7. The van der Waals surface area contributed by atoms with Crippen molar-refractivity contribution in [1.82, 2.24) is 15.5 Å². The summed E-state index contributed by atoms with van der Waals surface area (Å²) in [5, 5.41) is 12.0. The zero-order valence-corrected chi connectivity index (χ0v) is 26.6. The number of amides is 2. The van der Waals surface area contributed by atoms with Gasteiger partial charge in [0.1, 0.15) is 18.2 Å². The molecule has 0 aromatic heterocycles. The number of nitrogens with one attached hydrogen (secondary N) is 2. The van der Waals surface area contributed by atoms with Gasteiger partial charge in [0.25, 0.3) is 11.8 Å². The largest absolute Gasteiger partial charge is 0.407 e. The van der Waals surface area contributed by atoms with E-state index in [1.54, 1.807) is 36.7 Å². The molecule has 1 heterocycles. The molecular weight excluding hydrogens is 626 g/mol. The fourth-order valence-electron chi connectivity index (χ4n) is 5.28. The number of rotatable bonds is 11. The number of alkyl halides is 5. The second-order valence-corrected chi connectivity index (χ2v) is 11.0. The minimum Gasteiger partial charge on any atom is -0.364 e. The van der Waals surface area contributed by atoms with E-state index in [-0.39, 0.29) is 42.7 Å². The summed E-state index contributed by atoms with van der Waals surface area (Å²) in [6, 6.07) is 8.31. The van der Waals surface area contributed by atoms with Crippen LogP contribution in [0.3, 0.4) is 0 Å². The Balaban J connectivity index is 0.000000425. The van der Waals surface area contributed by atoms with Crippen molar-refractivity contribution in [1.29, 1.82) is 0 Å². The number of benzene rings is 2. The molecule has 2 amide bonds. The number of hydrogen-bond acceptors (Lipinski definition) is 5. The lowest BCUT2D eigenvalue weighted by Crippen LogP contribution is -2.36. The molecule has 1 unspecified atom stereocenters. The first-order valence-corrected chi connectivity index (χ1v) is 14.9. The van der Waals surface area contributed by atoms with Crippen molar-refractivity contribution >= 4 is 30.6 Å². The average Bonchev–Trinajstić information content (AvgIpc) is 3.34. The highest BCUT2D eigenvalue weighted by atomic mass is 19.4. The highest BCUT2D eigenvalue weighted by molar-refractivity contribution is 6.10. The second kappa shape index (κ2) is 19.3. The number of para-hydroxylation sites is 1. The molecule has 14 heteroatoms. The maximum absolute atomic E-state index is 14.7. The van der Waals surface area contributed by atoms with Crippen molar-refractivity contribution in [3.05, 3.63) is 65.0 Å². The summed E-state index contributed by atoms with van der Waals surface area (Å²) in [7, 11) is 2.03. The first-order valence-electron chi connectivity index (χ1n) is 14.9. The van der Waals surface area contributed by atoms with E-state index in [9.17, 15) is 35.9 Å². The van der Waals surface area contributed by atoms with E-state index in [1.165, 1.54) is 24.7 Å².